The number of amides is 1. The number of carbonyl (C=O) groups excluding carboxylic acids is 1. The minimum absolute atomic E-state index is 0.00603. The number of benzene rings is 1. The Kier molecular flexibility index (Phi) is 3.84. The fraction of sp³-hybridized carbons (Fsp3) is 0.438. The van der Waals surface area contributed by atoms with Gasteiger partial charge in [0.05, 0.1) is 12.5 Å². The van der Waals surface area contributed by atoms with Crippen molar-refractivity contribution in [1.29, 1.82) is 0 Å². The fourth-order valence-corrected chi connectivity index (χ4v) is 2.74. The van der Waals surface area contributed by atoms with E-state index in [1.54, 1.807) is 11.9 Å². The number of likely N-dealkylation sites (N-methyl/N-ethyl adjacent to an activating group) is 1. The number of ether oxygens (including phenoxy) is 2. The van der Waals surface area contributed by atoms with Gasteiger partial charge in [-0.2, -0.15) is 0 Å². The highest BCUT2D eigenvalue weighted by molar-refractivity contribution is 5.81. The molecule has 3 rings (SSSR count). The van der Waals surface area contributed by atoms with Crippen LogP contribution in [-0.2, 0) is 4.79 Å². The van der Waals surface area contributed by atoms with Crippen LogP contribution < -0.4 is 15.2 Å². The molecule has 1 heterocycles. The highest BCUT2D eigenvalue weighted by atomic mass is 16.6. The van der Waals surface area contributed by atoms with Crippen LogP contribution in [0.2, 0.25) is 0 Å². The monoisotopic (exact) mass is 288 g/mol. The van der Waals surface area contributed by atoms with Gasteiger partial charge < -0.3 is 20.1 Å². The minimum atomic E-state index is -0.145. The Morgan fingerprint density at radius 2 is 2.10 bits per heavy atom. The Balaban J connectivity index is 1.57. The van der Waals surface area contributed by atoms with E-state index in [9.17, 15) is 4.79 Å². The fourth-order valence-electron chi connectivity index (χ4n) is 2.74. The Morgan fingerprint density at radius 1 is 1.33 bits per heavy atom. The first-order chi connectivity index (χ1) is 10.1. The molecule has 112 valence electrons. The summed E-state index contributed by atoms with van der Waals surface area (Å²) in [5.41, 5.74) is 5.80. The maximum Gasteiger partial charge on any atom is 0.229 e. The summed E-state index contributed by atoms with van der Waals surface area (Å²) in [7, 11) is 1.80. The van der Waals surface area contributed by atoms with E-state index in [4.69, 9.17) is 15.2 Å². The molecule has 0 bridgehead atoms. The summed E-state index contributed by atoms with van der Waals surface area (Å²) >= 11 is 0. The first-order valence-corrected chi connectivity index (χ1v) is 7.21. The van der Waals surface area contributed by atoms with Crippen LogP contribution in [0.4, 0.5) is 0 Å². The summed E-state index contributed by atoms with van der Waals surface area (Å²) in [6, 6.07) is 7.57. The van der Waals surface area contributed by atoms with E-state index in [-0.39, 0.29) is 24.0 Å². The molecule has 21 heavy (non-hydrogen) atoms. The van der Waals surface area contributed by atoms with E-state index in [0.29, 0.717) is 19.6 Å². The van der Waals surface area contributed by atoms with E-state index in [1.807, 2.05) is 36.4 Å². The molecule has 1 aromatic rings. The number of fused-ring (bicyclic) bond motifs is 1. The molecule has 0 spiro atoms. The van der Waals surface area contributed by atoms with Crippen molar-refractivity contribution < 1.29 is 14.3 Å². The van der Waals surface area contributed by atoms with Crippen molar-refractivity contribution >= 4 is 5.91 Å². The van der Waals surface area contributed by atoms with Gasteiger partial charge in [0.25, 0.3) is 0 Å². The number of para-hydroxylation sites is 2. The number of nitrogens with zero attached hydrogens (tertiary/aromatic N) is 1. The third-order valence-electron chi connectivity index (χ3n) is 3.86. The standard InChI is InChI=1S/C16H20N2O3/c1-18(16(19)11-6-7-12(17)8-11)9-13-10-20-14-4-2-3-5-15(14)21-13/h2-7,11-13H,8-10,17H2,1H3. The van der Waals surface area contributed by atoms with Crippen molar-refractivity contribution in [3.05, 3.63) is 36.4 Å². The second-order valence-electron chi connectivity index (χ2n) is 5.61. The van der Waals surface area contributed by atoms with Crippen molar-refractivity contribution in [3.63, 3.8) is 0 Å². The van der Waals surface area contributed by atoms with E-state index < -0.39 is 0 Å². The van der Waals surface area contributed by atoms with Crippen LogP contribution in [0.5, 0.6) is 11.5 Å². The SMILES string of the molecule is CN(CC1COc2ccccc2O1)C(=O)C1C=CC(N)C1. The van der Waals surface area contributed by atoms with Crippen molar-refractivity contribution in [2.75, 3.05) is 20.2 Å². The maximum absolute atomic E-state index is 12.3. The van der Waals surface area contributed by atoms with Crippen molar-refractivity contribution in [1.82, 2.24) is 4.90 Å². The maximum atomic E-state index is 12.3. The minimum Gasteiger partial charge on any atom is -0.486 e. The second kappa shape index (κ2) is 5.77. The first-order valence-electron chi connectivity index (χ1n) is 7.21. The van der Waals surface area contributed by atoms with Gasteiger partial charge in [-0.25, -0.2) is 0 Å². The molecule has 0 aromatic heterocycles. The number of hydrogen-bond donors (Lipinski definition) is 1. The zero-order chi connectivity index (χ0) is 14.8. The lowest BCUT2D eigenvalue weighted by atomic mass is 10.1. The van der Waals surface area contributed by atoms with Crippen LogP contribution in [0.15, 0.2) is 36.4 Å². The molecule has 0 radical (unpaired) electrons. The number of rotatable bonds is 3. The number of carbonyl (C=O) groups is 1. The van der Waals surface area contributed by atoms with Gasteiger partial charge in [0.1, 0.15) is 6.61 Å². The highest BCUT2D eigenvalue weighted by Gasteiger charge is 2.28. The van der Waals surface area contributed by atoms with Gasteiger partial charge in [-0.1, -0.05) is 24.3 Å². The predicted octanol–water partition coefficient (Wildman–Crippen LogP) is 1.19. The molecule has 1 aromatic carbocycles. The van der Waals surface area contributed by atoms with Gasteiger partial charge in [0.2, 0.25) is 5.91 Å². The van der Waals surface area contributed by atoms with E-state index in [1.165, 1.54) is 0 Å². The smallest absolute Gasteiger partial charge is 0.229 e. The summed E-state index contributed by atoms with van der Waals surface area (Å²) in [4.78, 5) is 14.0. The molecule has 0 fully saturated rings. The molecule has 5 heteroatoms. The molecule has 0 saturated carbocycles. The van der Waals surface area contributed by atoms with Crippen LogP contribution in [0.1, 0.15) is 6.42 Å². The summed E-state index contributed by atoms with van der Waals surface area (Å²) in [6.45, 7) is 0.960. The molecule has 3 atom stereocenters. The lowest BCUT2D eigenvalue weighted by Gasteiger charge is -2.30. The van der Waals surface area contributed by atoms with Gasteiger partial charge in [-0.05, 0) is 18.6 Å². The van der Waals surface area contributed by atoms with Crippen LogP contribution in [0.3, 0.4) is 0 Å². The average molecular weight is 288 g/mol. The van der Waals surface area contributed by atoms with Crippen molar-refractivity contribution in [2.24, 2.45) is 11.7 Å². The molecule has 3 unspecified atom stereocenters. The van der Waals surface area contributed by atoms with E-state index in [2.05, 4.69) is 0 Å². The highest BCUT2D eigenvalue weighted by Crippen LogP contribution is 2.31. The topological polar surface area (TPSA) is 64.8 Å². The van der Waals surface area contributed by atoms with Crippen LogP contribution in [0.25, 0.3) is 0 Å². The van der Waals surface area contributed by atoms with Crippen LogP contribution >= 0.6 is 0 Å². The molecule has 2 aliphatic rings. The Bertz CT molecular complexity index is 558. The van der Waals surface area contributed by atoms with Gasteiger partial charge in [0, 0.05) is 13.1 Å². The Morgan fingerprint density at radius 3 is 2.81 bits per heavy atom. The quantitative estimate of drug-likeness (QED) is 0.849. The zero-order valence-electron chi connectivity index (χ0n) is 12.1. The molecule has 5 nitrogen and oxygen atoms in total. The molecule has 0 saturated heterocycles. The zero-order valence-corrected chi connectivity index (χ0v) is 12.1. The lowest BCUT2D eigenvalue weighted by Crippen LogP contribution is -2.43. The molecule has 2 N–H and O–H groups in total. The van der Waals surface area contributed by atoms with Crippen LogP contribution in [0, 0.1) is 5.92 Å². The molecule has 1 aliphatic heterocycles. The van der Waals surface area contributed by atoms with Gasteiger partial charge in [0.15, 0.2) is 17.6 Å². The van der Waals surface area contributed by atoms with Crippen molar-refractivity contribution in [2.45, 2.75) is 18.6 Å². The first kappa shape index (κ1) is 13.9. The number of hydrogen-bond acceptors (Lipinski definition) is 4. The second-order valence-corrected chi connectivity index (χ2v) is 5.61. The Hall–Kier alpha value is -2.01. The summed E-state index contributed by atoms with van der Waals surface area (Å²) in [6.07, 6.45) is 4.34. The van der Waals surface area contributed by atoms with Gasteiger partial charge in [-0.3, -0.25) is 4.79 Å². The van der Waals surface area contributed by atoms with E-state index in [0.717, 1.165) is 11.5 Å². The molecule has 1 aliphatic carbocycles. The average Bonchev–Trinajstić information content (AvgIpc) is 2.93. The summed E-state index contributed by atoms with van der Waals surface area (Å²) < 4.78 is 11.5. The number of nitrogens with two attached hydrogens (primary N) is 1. The predicted molar refractivity (Wildman–Crippen MR) is 79.2 cm³/mol. The molecular formula is C16H20N2O3. The molecule has 1 amide bonds. The largest absolute Gasteiger partial charge is 0.486 e. The van der Waals surface area contributed by atoms with Gasteiger partial charge >= 0.3 is 0 Å². The summed E-state index contributed by atoms with van der Waals surface area (Å²) in [5.74, 6) is 1.47. The Labute approximate surface area is 124 Å². The van der Waals surface area contributed by atoms with Crippen LogP contribution in [-0.4, -0.2) is 43.2 Å². The third kappa shape index (κ3) is 3.03. The lowest BCUT2D eigenvalue weighted by molar-refractivity contribution is -0.134. The van der Waals surface area contributed by atoms with Gasteiger partial charge in [-0.15, -0.1) is 0 Å². The normalized spacial score (nSPS) is 26.7. The van der Waals surface area contributed by atoms with E-state index >= 15 is 0 Å². The third-order valence-corrected chi connectivity index (χ3v) is 3.86. The molecular weight excluding hydrogens is 268 g/mol. The summed E-state index contributed by atoms with van der Waals surface area (Å²) in [5, 5.41) is 0. The van der Waals surface area contributed by atoms with Crippen molar-refractivity contribution in [3.8, 4) is 11.5 Å².